The van der Waals surface area contributed by atoms with Crippen molar-refractivity contribution in [2.45, 2.75) is 6.54 Å². The number of morpholine rings is 1. The third kappa shape index (κ3) is 5.19. The number of rotatable bonds is 6. The van der Waals surface area contributed by atoms with Gasteiger partial charge >= 0.3 is 0 Å². The van der Waals surface area contributed by atoms with Crippen LogP contribution in [0.2, 0.25) is 5.02 Å². The zero-order valence-electron chi connectivity index (χ0n) is 16.1. The van der Waals surface area contributed by atoms with E-state index in [9.17, 15) is 4.79 Å². The van der Waals surface area contributed by atoms with Gasteiger partial charge in [0.1, 0.15) is 5.69 Å². The first-order valence-corrected chi connectivity index (χ1v) is 9.85. The largest absolute Gasteiger partial charge is 0.378 e. The number of pyridine rings is 1. The Labute approximate surface area is 178 Å². The highest BCUT2D eigenvalue weighted by Gasteiger charge is 2.17. The Morgan fingerprint density at radius 3 is 2.60 bits per heavy atom. The fourth-order valence-corrected chi connectivity index (χ4v) is 2.98. The molecule has 1 saturated heterocycles. The van der Waals surface area contributed by atoms with Gasteiger partial charge in [-0.25, -0.2) is 0 Å². The van der Waals surface area contributed by atoms with Crippen LogP contribution < -0.4 is 15.5 Å². The second-order valence-corrected chi connectivity index (χ2v) is 6.94. The van der Waals surface area contributed by atoms with Crippen LogP contribution in [0.4, 0.5) is 17.6 Å². The molecule has 1 aromatic carbocycles. The molecule has 0 saturated carbocycles. The quantitative estimate of drug-likeness (QED) is 0.620. The van der Waals surface area contributed by atoms with E-state index >= 15 is 0 Å². The Kier molecular flexibility index (Phi) is 6.31. The van der Waals surface area contributed by atoms with Gasteiger partial charge in [-0.2, -0.15) is 15.0 Å². The lowest BCUT2D eigenvalue weighted by atomic mass is 10.3. The van der Waals surface area contributed by atoms with Crippen molar-refractivity contribution in [3.63, 3.8) is 0 Å². The predicted octanol–water partition coefficient (Wildman–Crippen LogP) is 2.43. The van der Waals surface area contributed by atoms with E-state index in [-0.39, 0.29) is 12.5 Å². The normalized spacial score (nSPS) is 13.7. The third-order valence-electron chi connectivity index (χ3n) is 4.37. The summed E-state index contributed by atoms with van der Waals surface area (Å²) in [6.07, 6.45) is 1.57. The van der Waals surface area contributed by atoms with Crippen molar-refractivity contribution in [3.05, 3.63) is 65.2 Å². The number of benzene rings is 1. The second kappa shape index (κ2) is 9.47. The van der Waals surface area contributed by atoms with Crippen molar-refractivity contribution in [2.24, 2.45) is 0 Å². The Bertz CT molecular complexity index is 996. The van der Waals surface area contributed by atoms with Crippen LogP contribution >= 0.6 is 11.6 Å². The molecule has 9 nitrogen and oxygen atoms in total. The molecule has 0 spiro atoms. The van der Waals surface area contributed by atoms with Crippen molar-refractivity contribution in [1.29, 1.82) is 0 Å². The molecule has 1 amide bonds. The first-order chi connectivity index (χ1) is 14.7. The molecule has 0 bridgehead atoms. The van der Waals surface area contributed by atoms with Gasteiger partial charge < -0.3 is 20.3 Å². The summed E-state index contributed by atoms with van der Waals surface area (Å²) in [5, 5.41) is 6.61. The highest BCUT2D eigenvalue weighted by atomic mass is 35.5. The Hall–Kier alpha value is -3.30. The van der Waals surface area contributed by atoms with Crippen molar-refractivity contribution in [3.8, 4) is 0 Å². The summed E-state index contributed by atoms with van der Waals surface area (Å²) in [4.78, 5) is 31.9. The number of anilines is 3. The van der Waals surface area contributed by atoms with E-state index in [0.717, 1.165) is 5.69 Å². The number of carbonyl (C=O) groups excluding carboxylic acids is 1. The van der Waals surface area contributed by atoms with E-state index < -0.39 is 0 Å². The highest BCUT2D eigenvalue weighted by Crippen LogP contribution is 2.19. The lowest BCUT2D eigenvalue weighted by Crippen LogP contribution is -2.38. The predicted molar refractivity (Wildman–Crippen MR) is 113 cm³/mol. The maximum Gasteiger partial charge on any atom is 0.270 e. The number of nitrogens with one attached hydrogen (secondary N) is 2. The van der Waals surface area contributed by atoms with Crippen molar-refractivity contribution >= 4 is 35.1 Å². The molecule has 0 radical (unpaired) electrons. The monoisotopic (exact) mass is 425 g/mol. The molecule has 1 aliphatic heterocycles. The van der Waals surface area contributed by atoms with E-state index in [1.165, 1.54) is 0 Å². The van der Waals surface area contributed by atoms with Gasteiger partial charge in [0.25, 0.3) is 5.91 Å². The number of nitrogens with zero attached hydrogens (tertiary/aromatic N) is 5. The summed E-state index contributed by atoms with van der Waals surface area (Å²) in [6, 6.07) is 12.4. The molecular weight excluding hydrogens is 406 g/mol. The topological polar surface area (TPSA) is 105 Å². The summed E-state index contributed by atoms with van der Waals surface area (Å²) in [5.74, 6) is 1.06. The first-order valence-electron chi connectivity index (χ1n) is 9.47. The minimum Gasteiger partial charge on any atom is -0.378 e. The van der Waals surface area contributed by atoms with E-state index in [2.05, 4.69) is 30.6 Å². The highest BCUT2D eigenvalue weighted by molar-refractivity contribution is 6.30. The standard InChI is InChI=1S/C20H20ClN7O2/c21-14-4-6-15(7-5-14)24-19-25-17(13-23-18(29)16-3-1-2-8-22-16)26-20(27-19)28-9-11-30-12-10-28/h1-8H,9-13H2,(H,23,29)(H,24,25,26,27). The van der Waals surface area contributed by atoms with Crippen LogP contribution in [-0.2, 0) is 11.3 Å². The summed E-state index contributed by atoms with van der Waals surface area (Å²) in [7, 11) is 0. The second-order valence-electron chi connectivity index (χ2n) is 6.50. The molecule has 2 N–H and O–H groups in total. The molecule has 3 heterocycles. The van der Waals surface area contributed by atoms with Crippen LogP contribution in [0.25, 0.3) is 0 Å². The maximum atomic E-state index is 12.3. The number of carbonyl (C=O) groups is 1. The zero-order chi connectivity index (χ0) is 20.8. The molecule has 0 aliphatic carbocycles. The molecule has 10 heteroatoms. The molecule has 0 unspecified atom stereocenters. The van der Waals surface area contributed by atoms with Gasteiger partial charge in [0.15, 0.2) is 5.82 Å². The maximum absolute atomic E-state index is 12.3. The molecule has 0 atom stereocenters. The lowest BCUT2D eigenvalue weighted by Gasteiger charge is -2.27. The van der Waals surface area contributed by atoms with E-state index in [4.69, 9.17) is 16.3 Å². The van der Waals surface area contributed by atoms with E-state index in [1.54, 1.807) is 36.5 Å². The fraction of sp³-hybridized carbons (Fsp3) is 0.250. The van der Waals surface area contributed by atoms with Gasteiger partial charge in [-0.1, -0.05) is 17.7 Å². The van der Waals surface area contributed by atoms with Gasteiger partial charge in [-0.3, -0.25) is 9.78 Å². The van der Waals surface area contributed by atoms with Crippen molar-refractivity contribution in [1.82, 2.24) is 25.3 Å². The smallest absolute Gasteiger partial charge is 0.270 e. The van der Waals surface area contributed by atoms with E-state index in [1.807, 2.05) is 17.0 Å². The average molecular weight is 426 g/mol. The number of amides is 1. The van der Waals surface area contributed by atoms with Crippen LogP contribution in [-0.4, -0.2) is 52.1 Å². The molecule has 30 heavy (non-hydrogen) atoms. The summed E-state index contributed by atoms with van der Waals surface area (Å²) in [6.45, 7) is 2.73. The van der Waals surface area contributed by atoms with Crippen LogP contribution in [0.15, 0.2) is 48.7 Å². The number of aromatic nitrogens is 4. The van der Waals surface area contributed by atoms with Crippen LogP contribution in [0, 0.1) is 0 Å². The Balaban J connectivity index is 1.54. The Morgan fingerprint density at radius 1 is 1.07 bits per heavy atom. The van der Waals surface area contributed by atoms with Crippen LogP contribution in [0.1, 0.15) is 16.3 Å². The van der Waals surface area contributed by atoms with Crippen LogP contribution in [0.5, 0.6) is 0 Å². The summed E-state index contributed by atoms with van der Waals surface area (Å²) < 4.78 is 5.41. The average Bonchev–Trinajstić information content (AvgIpc) is 2.80. The molecule has 1 aliphatic rings. The minimum atomic E-state index is -0.295. The number of hydrogen-bond acceptors (Lipinski definition) is 8. The van der Waals surface area contributed by atoms with Gasteiger partial charge in [0, 0.05) is 30.0 Å². The minimum absolute atomic E-state index is 0.143. The van der Waals surface area contributed by atoms with Gasteiger partial charge in [0.05, 0.1) is 19.8 Å². The van der Waals surface area contributed by atoms with Gasteiger partial charge in [-0.15, -0.1) is 0 Å². The Morgan fingerprint density at radius 2 is 1.87 bits per heavy atom. The fourth-order valence-electron chi connectivity index (χ4n) is 2.86. The first kappa shape index (κ1) is 20.0. The molecule has 4 rings (SSSR count). The van der Waals surface area contributed by atoms with Crippen molar-refractivity contribution < 1.29 is 9.53 Å². The molecule has 154 valence electrons. The number of halogens is 1. The summed E-state index contributed by atoms with van der Waals surface area (Å²) >= 11 is 5.96. The SMILES string of the molecule is O=C(NCc1nc(Nc2ccc(Cl)cc2)nc(N2CCOCC2)n1)c1ccccn1. The lowest BCUT2D eigenvalue weighted by molar-refractivity contribution is 0.0945. The molecular formula is C20H20ClN7O2. The van der Waals surface area contributed by atoms with Gasteiger partial charge in [-0.05, 0) is 36.4 Å². The van der Waals surface area contributed by atoms with E-state index in [0.29, 0.717) is 54.7 Å². The zero-order valence-corrected chi connectivity index (χ0v) is 16.8. The number of ether oxygens (including phenoxy) is 1. The molecule has 2 aromatic heterocycles. The molecule has 3 aromatic rings. The summed E-state index contributed by atoms with van der Waals surface area (Å²) in [5.41, 5.74) is 1.13. The van der Waals surface area contributed by atoms with Gasteiger partial charge in [0.2, 0.25) is 11.9 Å². The third-order valence-corrected chi connectivity index (χ3v) is 4.62. The number of hydrogen-bond donors (Lipinski definition) is 2. The van der Waals surface area contributed by atoms with Crippen LogP contribution in [0.3, 0.4) is 0 Å². The van der Waals surface area contributed by atoms with Crippen molar-refractivity contribution in [2.75, 3.05) is 36.5 Å². The molecule has 1 fully saturated rings.